The predicted octanol–water partition coefficient (Wildman–Crippen LogP) is 4.73. The number of nitrogens with one attached hydrogen (secondary N) is 1. The number of carbonyl (C=O) groups is 2. The van der Waals surface area contributed by atoms with Gasteiger partial charge in [-0.2, -0.15) is 0 Å². The normalized spacial score (nSPS) is 12.1. The minimum atomic E-state index is -4.09. The molecule has 196 valence electrons. The highest BCUT2D eigenvalue weighted by Gasteiger charge is 2.33. The Kier molecular flexibility index (Phi) is 9.15. The molecule has 0 aliphatic heterocycles. The Labute approximate surface area is 227 Å². The molecular weight excluding hydrogens is 554 g/mol. The van der Waals surface area contributed by atoms with E-state index < -0.39 is 28.5 Å². The summed E-state index contributed by atoms with van der Waals surface area (Å²) in [5.74, 6) is -0.837. The molecule has 0 fully saturated rings. The minimum absolute atomic E-state index is 0.0877. The van der Waals surface area contributed by atoms with Crippen LogP contribution in [-0.4, -0.2) is 44.8 Å². The molecule has 3 aromatic rings. The van der Waals surface area contributed by atoms with Crippen LogP contribution in [0.1, 0.15) is 29.2 Å². The number of aryl methyl sites for hydroxylation is 3. The van der Waals surface area contributed by atoms with Crippen molar-refractivity contribution in [3.05, 3.63) is 93.5 Å². The number of hydrogen-bond donors (Lipinski definition) is 1. The van der Waals surface area contributed by atoms with E-state index in [1.807, 2.05) is 57.2 Å². The summed E-state index contributed by atoms with van der Waals surface area (Å²) in [4.78, 5) is 27.9. The average Bonchev–Trinajstić information content (AvgIpc) is 2.86. The van der Waals surface area contributed by atoms with E-state index in [1.54, 1.807) is 37.3 Å². The number of benzene rings is 3. The van der Waals surface area contributed by atoms with Gasteiger partial charge in [0.1, 0.15) is 12.6 Å². The lowest BCUT2D eigenvalue weighted by molar-refractivity contribution is -0.139. The molecule has 0 aliphatic carbocycles. The Hall–Kier alpha value is -3.17. The van der Waals surface area contributed by atoms with E-state index in [-0.39, 0.29) is 17.3 Å². The number of nitrogens with zero attached hydrogens (tertiary/aromatic N) is 2. The minimum Gasteiger partial charge on any atom is -0.357 e. The lowest BCUT2D eigenvalue weighted by Crippen LogP contribution is -2.50. The maximum absolute atomic E-state index is 13.9. The van der Waals surface area contributed by atoms with Gasteiger partial charge in [-0.1, -0.05) is 57.9 Å². The second-order valence-corrected chi connectivity index (χ2v) is 11.8. The molecule has 0 saturated heterocycles. The van der Waals surface area contributed by atoms with Crippen LogP contribution in [-0.2, 0) is 26.2 Å². The molecule has 3 aromatic carbocycles. The molecule has 0 radical (unpaired) electrons. The smallest absolute Gasteiger partial charge is 0.264 e. The van der Waals surface area contributed by atoms with E-state index in [1.165, 1.54) is 11.9 Å². The number of amides is 2. The zero-order chi connectivity index (χ0) is 27.3. The Morgan fingerprint density at radius 3 is 2.22 bits per heavy atom. The first kappa shape index (κ1) is 28.4. The zero-order valence-electron chi connectivity index (χ0n) is 21.7. The van der Waals surface area contributed by atoms with Gasteiger partial charge in [-0.15, -0.1) is 0 Å². The van der Waals surface area contributed by atoms with Gasteiger partial charge in [0.25, 0.3) is 10.0 Å². The molecule has 3 rings (SSSR count). The molecule has 9 heteroatoms. The summed E-state index contributed by atoms with van der Waals surface area (Å²) in [5.41, 5.74) is 3.73. The van der Waals surface area contributed by atoms with Crippen molar-refractivity contribution in [3.63, 3.8) is 0 Å². The van der Waals surface area contributed by atoms with Crippen molar-refractivity contribution in [1.82, 2.24) is 10.2 Å². The number of hydrogen-bond acceptors (Lipinski definition) is 4. The molecule has 0 aromatic heterocycles. The fourth-order valence-corrected chi connectivity index (χ4v) is 5.88. The molecule has 2 amide bonds. The average molecular weight is 587 g/mol. The maximum Gasteiger partial charge on any atom is 0.264 e. The lowest BCUT2D eigenvalue weighted by atomic mass is 10.1. The van der Waals surface area contributed by atoms with Crippen molar-refractivity contribution >= 4 is 43.5 Å². The fourth-order valence-electron chi connectivity index (χ4n) is 3.96. The van der Waals surface area contributed by atoms with Crippen LogP contribution in [0, 0.1) is 20.8 Å². The van der Waals surface area contributed by atoms with E-state index in [0.717, 1.165) is 25.5 Å². The number of likely N-dealkylation sites (N-methyl/N-ethyl adjacent to an activating group) is 1. The first-order chi connectivity index (χ1) is 17.4. The monoisotopic (exact) mass is 585 g/mol. The van der Waals surface area contributed by atoms with Crippen LogP contribution in [0.4, 0.5) is 5.69 Å². The number of sulfonamides is 1. The summed E-state index contributed by atoms with van der Waals surface area (Å²) >= 11 is 3.44. The third kappa shape index (κ3) is 6.78. The van der Waals surface area contributed by atoms with Crippen molar-refractivity contribution in [1.29, 1.82) is 0 Å². The molecule has 0 saturated carbocycles. The molecule has 7 nitrogen and oxygen atoms in total. The summed E-state index contributed by atoms with van der Waals surface area (Å²) in [6.45, 7) is 6.86. The SMILES string of the molecule is CNC(=O)C(C)N(Cc1cccc(Br)c1)C(=O)CN(c1cc(C)ccc1C)S(=O)(=O)c1ccc(C)cc1. The standard InChI is InChI=1S/C28H32BrN3O4S/c1-19-10-13-25(14-11-19)37(35,36)32(26-15-20(2)9-12-21(26)3)18-27(33)31(22(4)28(34)30-5)17-23-7-6-8-24(29)16-23/h6-16,22H,17-18H2,1-5H3,(H,30,34). The van der Waals surface area contributed by atoms with E-state index >= 15 is 0 Å². The topological polar surface area (TPSA) is 86.8 Å². The summed E-state index contributed by atoms with van der Waals surface area (Å²) in [5, 5.41) is 2.59. The lowest BCUT2D eigenvalue weighted by Gasteiger charge is -2.32. The first-order valence-corrected chi connectivity index (χ1v) is 14.1. The van der Waals surface area contributed by atoms with Crippen molar-refractivity contribution in [2.75, 3.05) is 17.9 Å². The van der Waals surface area contributed by atoms with Crippen LogP contribution >= 0.6 is 15.9 Å². The van der Waals surface area contributed by atoms with Gasteiger partial charge in [-0.25, -0.2) is 8.42 Å². The molecule has 0 aliphatic rings. The quantitative estimate of drug-likeness (QED) is 0.393. The van der Waals surface area contributed by atoms with Gasteiger partial charge in [-0.05, 0) is 74.7 Å². The Morgan fingerprint density at radius 1 is 0.946 bits per heavy atom. The van der Waals surface area contributed by atoms with Crippen LogP contribution in [0.15, 0.2) is 76.1 Å². The fraction of sp³-hybridized carbons (Fsp3) is 0.286. The zero-order valence-corrected chi connectivity index (χ0v) is 24.1. The van der Waals surface area contributed by atoms with E-state index in [2.05, 4.69) is 21.2 Å². The van der Waals surface area contributed by atoms with E-state index in [4.69, 9.17) is 0 Å². The van der Waals surface area contributed by atoms with Crippen molar-refractivity contribution in [2.24, 2.45) is 0 Å². The van der Waals surface area contributed by atoms with Crippen LogP contribution in [0.5, 0.6) is 0 Å². The third-order valence-corrected chi connectivity index (χ3v) is 8.44. The highest BCUT2D eigenvalue weighted by atomic mass is 79.9. The largest absolute Gasteiger partial charge is 0.357 e. The van der Waals surface area contributed by atoms with Crippen LogP contribution in [0.3, 0.4) is 0 Å². The van der Waals surface area contributed by atoms with Crippen LogP contribution < -0.4 is 9.62 Å². The van der Waals surface area contributed by atoms with Crippen LogP contribution in [0.25, 0.3) is 0 Å². The summed E-state index contributed by atoms with van der Waals surface area (Å²) in [6, 6.07) is 18.6. The van der Waals surface area contributed by atoms with Gasteiger partial charge < -0.3 is 10.2 Å². The molecule has 1 atom stereocenters. The maximum atomic E-state index is 13.9. The van der Waals surface area contributed by atoms with Gasteiger partial charge in [-0.3, -0.25) is 13.9 Å². The molecule has 1 unspecified atom stereocenters. The first-order valence-electron chi connectivity index (χ1n) is 11.9. The Bertz CT molecular complexity index is 1390. The van der Waals surface area contributed by atoms with Gasteiger partial charge in [0, 0.05) is 18.1 Å². The number of anilines is 1. The van der Waals surface area contributed by atoms with Gasteiger partial charge in [0.2, 0.25) is 11.8 Å². The van der Waals surface area contributed by atoms with Crippen molar-refractivity contribution in [3.8, 4) is 0 Å². The highest BCUT2D eigenvalue weighted by Crippen LogP contribution is 2.29. The summed E-state index contributed by atoms with van der Waals surface area (Å²) in [7, 11) is -2.59. The van der Waals surface area contributed by atoms with Crippen LogP contribution in [0.2, 0.25) is 0 Å². The molecule has 0 heterocycles. The number of halogens is 1. The molecular formula is C28H32BrN3O4S. The van der Waals surface area contributed by atoms with E-state index in [0.29, 0.717) is 11.3 Å². The highest BCUT2D eigenvalue weighted by molar-refractivity contribution is 9.10. The van der Waals surface area contributed by atoms with Gasteiger partial charge in [0.15, 0.2) is 0 Å². The second kappa shape index (κ2) is 11.9. The predicted molar refractivity (Wildman–Crippen MR) is 150 cm³/mol. The summed E-state index contributed by atoms with van der Waals surface area (Å²) < 4.78 is 29.8. The Balaban J connectivity index is 2.08. The van der Waals surface area contributed by atoms with E-state index in [9.17, 15) is 18.0 Å². The number of rotatable bonds is 9. The van der Waals surface area contributed by atoms with Gasteiger partial charge in [0.05, 0.1) is 10.6 Å². The molecule has 1 N–H and O–H groups in total. The van der Waals surface area contributed by atoms with Gasteiger partial charge >= 0.3 is 0 Å². The second-order valence-electron chi connectivity index (χ2n) is 9.06. The Morgan fingerprint density at radius 2 is 1.59 bits per heavy atom. The summed E-state index contributed by atoms with van der Waals surface area (Å²) in [6.07, 6.45) is 0. The number of carbonyl (C=O) groups excluding carboxylic acids is 2. The third-order valence-electron chi connectivity index (χ3n) is 6.18. The molecule has 0 bridgehead atoms. The molecule has 37 heavy (non-hydrogen) atoms. The molecule has 0 spiro atoms. The van der Waals surface area contributed by atoms with Crippen molar-refractivity contribution < 1.29 is 18.0 Å². The van der Waals surface area contributed by atoms with Crippen molar-refractivity contribution in [2.45, 2.75) is 45.2 Å².